The Morgan fingerprint density at radius 2 is 1.36 bits per heavy atom. The number of nitrogens with zero attached hydrogens (tertiary/aromatic N) is 1. The van der Waals surface area contributed by atoms with E-state index in [1.807, 2.05) is 0 Å². The standard InChI is InChI=1S/C12H22N.ClH/c1-5-7-13(8-6-2)9-11(3)12(4)10-13;/h3-10H2,1-2H3;1H/q+1;/p-1. The smallest absolute Gasteiger partial charge is 0.105 e. The van der Waals surface area contributed by atoms with Gasteiger partial charge in [0.05, 0.1) is 13.1 Å². The van der Waals surface area contributed by atoms with E-state index in [9.17, 15) is 0 Å². The number of halogens is 1. The Balaban J connectivity index is 0.00000169. The first-order valence-corrected chi connectivity index (χ1v) is 5.34. The molecular formula is C12H22ClN. The molecule has 0 aromatic carbocycles. The summed E-state index contributed by atoms with van der Waals surface area (Å²) in [6.45, 7) is 17.5. The first-order valence-electron chi connectivity index (χ1n) is 5.34. The van der Waals surface area contributed by atoms with E-state index in [0.717, 1.165) is 13.1 Å². The van der Waals surface area contributed by atoms with Gasteiger partial charge < -0.3 is 16.9 Å². The lowest BCUT2D eigenvalue weighted by Gasteiger charge is -2.33. The lowest BCUT2D eigenvalue weighted by Crippen LogP contribution is -3.00. The maximum absolute atomic E-state index is 4.08. The van der Waals surface area contributed by atoms with Gasteiger partial charge in [0.1, 0.15) is 13.1 Å². The molecule has 1 fully saturated rings. The van der Waals surface area contributed by atoms with Crippen LogP contribution in [0.15, 0.2) is 24.3 Å². The van der Waals surface area contributed by atoms with Gasteiger partial charge in [0.15, 0.2) is 0 Å². The molecule has 0 aliphatic carbocycles. The first-order chi connectivity index (χ1) is 6.13. The number of likely N-dealkylation sites (tertiary alicyclic amines) is 1. The summed E-state index contributed by atoms with van der Waals surface area (Å²) in [5, 5.41) is 0. The fraction of sp³-hybridized carbons (Fsp3) is 0.667. The first kappa shape index (κ1) is 13.7. The second-order valence-electron chi connectivity index (χ2n) is 4.31. The van der Waals surface area contributed by atoms with Crippen LogP contribution in [0.5, 0.6) is 0 Å². The van der Waals surface area contributed by atoms with Crippen molar-refractivity contribution in [3.63, 3.8) is 0 Å². The minimum Gasteiger partial charge on any atom is -1.00 e. The van der Waals surface area contributed by atoms with Crippen molar-refractivity contribution < 1.29 is 16.9 Å². The second kappa shape index (κ2) is 5.57. The summed E-state index contributed by atoms with van der Waals surface area (Å²) in [5.74, 6) is 0. The highest BCUT2D eigenvalue weighted by Gasteiger charge is 2.34. The Morgan fingerprint density at radius 1 is 1.00 bits per heavy atom. The molecule has 0 unspecified atom stereocenters. The summed E-state index contributed by atoms with van der Waals surface area (Å²) >= 11 is 0. The van der Waals surface area contributed by atoms with Gasteiger partial charge in [-0.3, -0.25) is 0 Å². The van der Waals surface area contributed by atoms with Crippen molar-refractivity contribution in [1.29, 1.82) is 0 Å². The highest BCUT2D eigenvalue weighted by atomic mass is 35.5. The zero-order valence-corrected chi connectivity index (χ0v) is 10.2. The molecule has 0 radical (unpaired) electrons. The van der Waals surface area contributed by atoms with Crippen molar-refractivity contribution in [2.24, 2.45) is 0 Å². The summed E-state index contributed by atoms with van der Waals surface area (Å²) in [7, 11) is 0. The van der Waals surface area contributed by atoms with Gasteiger partial charge >= 0.3 is 0 Å². The molecule has 1 aliphatic heterocycles. The van der Waals surface area contributed by atoms with Gasteiger partial charge in [-0.2, -0.15) is 0 Å². The highest BCUT2D eigenvalue weighted by Crippen LogP contribution is 2.27. The van der Waals surface area contributed by atoms with Crippen molar-refractivity contribution in [1.82, 2.24) is 0 Å². The normalized spacial score (nSPS) is 19.6. The summed E-state index contributed by atoms with van der Waals surface area (Å²) in [6.07, 6.45) is 2.53. The van der Waals surface area contributed by atoms with Crippen LogP contribution in [0, 0.1) is 0 Å². The molecule has 1 nitrogen and oxygen atoms in total. The van der Waals surface area contributed by atoms with Gasteiger partial charge in [0.25, 0.3) is 0 Å². The maximum Gasteiger partial charge on any atom is 0.105 e. The van der Waals surface area contributed by atoms with Crippen LogP contribution in [0.4, 0.5) is 0 Å². The van der Waals surface area contributed by atoms with Crippen LogP contribution < -0.4 is 12.4 Å². The van der Waals surface area contributed by atoms with Gasteiger partial charge in [-0.1, -0.05) is 27.0 Å². The van der Waals surface area contributed by atoms with E-state index < -0.39 is 0 Å². The van der Waals surface area contributed by atoms with Gasteiger partial charge in [0, 0.05) is 11.1 Å². The van der Waals surface area contributed by atoms with E-state index in [-0.39, 0.29) is 12.4 Å². The lowest BCUT2D eigenvalue weighted by atomic mass is 10.2. The topological polar surface area (TPSA) is 0 Å². The molecule has 0 spiro atoms. The van der Waals surface area contributed by atoms with Crippen LogP contribution in [0.1, 0.15) is 26.7 Å². The molecule has 0 amide bonds. The van der Waals surface area contributed by atoms with Crippen LogP contribution in [0.25, 0.3) is 0 Å². The molecule has 1 rings (SSSR count). The fourth-order valence-corrected chi connectivity index (χ4v) is 2.47. The monoisotopic (exact) mass is 215 g/mol. The number of quaternary nitrogens is 1. The van der Waals surface area contributed by atoms with Crippen LogP contribution in [0.2, 0.25) is 0 Å². The zero-order chi connectivity index (χ0) is 9.90. The quantitative estimate of drug-likeness (QED) is 0.568. The molecule has 0 saturated carbocycles. The van der Waals surface area contributed by atoms with E-state index in [4.69, 9.17) is 0 Å². The molecule has 0 bridgehead atoms. The average Bonchev–Trinajstić information content (AvgIpc) is 2.29. The molecule has 82 valence electrons. The predicted molar refractivity (Wildman–Crippen MR) is 58.6 cm³/mol. The van der Waals surface area contributed by atoms with Gasteiger partial charge in [-0.05, 0) is 12.8 Å². The van der Waals surface area contributed by atoms with Crippen LogP contribution in [-0.4, -0.2) is 30.7 Å². The van der Waals surface area contributed by atoms with Crippen molar-refractivity contribution in [2.45, 2.75) is 26.7 Å². The second-order valence-corrected chi connectivity index (χ2v) is 4.31. The molecule has 0 atom stereocenters. The Hall–Kier alpha value is -0.270. The Labute approximate surface area is 94.5 Å². The summed E-state index contributed by atoms with van der Waals surface area (Å²) < 4.78 is 1.21. The van der Waals surface area contributed by atoms with Gasteiger partial charge in [-0.15, -0.1) is 0 Å². The average molecular weight is 216 g/mol. The third-order valence-electron chi connectivity index (χ3n) is 2.95. The van der Waals surface area contributed by atoms with Crippen molar-refractivity contribution in [3.05, 3.63) is 24.3 Å². The minimum absolute atomic E-state index is 0. The minimum atomic E-state index is 0. The van der Waals surface area contributed by atoms with E-state index in [0.29, 0.717) is 0 Å². The van der Waals surface area contributed by atoms with Crippen molar-refractivity contribution >= 4 is 0 Å². The van der Waals surface area contributed by atoms with E-state index in [1.165, 1.54) is 41.6 Å². The SMILES string of the molecule is C=C1C[N+](CCC)(CCC)CC1=C.[Cl-]. The molecular weight excluding hydrogens is 194 g/mol. The number of hydrogen-bond acceptors (Lipinski definition) is 0. The number of hydrogen-bond donors (Lipinski definition) is 0. The van der Waals surface area contributed by atoms with Crippen molar-refractivity contribution in [2.75, 3.05) is 26.2 Å². The Bertz CT molecular complexity index is 196. The van der Waals surface area contributed by atoms with E-state index >= 15 is 0 Å². The van der Waals surface area contributed by atoms with E-state index in [2.05, 4.69) is 27.0 Å². The molecule has 1 aliphatic rings. The number of rotatable bonds is 4. The third-order valence-corrected chi connectivity index (χ3v) is 2.95. The summed E-state index contributed by atoms with van der Waals surface area (Å²) in [5.41, 5.74) is 2.56. The van der Waals surface area contributed by atoms with Crippen molar-refractivity contribution in [3.8, 4) is 0 Å². The maximum atomic E-state index is 4.08. The van der Waals surface area contributed by atoms with Crippen LogP contribution in [0.3, 0.4) is 0 Å². The molecule has 1 saturated heterocycles. The zero-order valence-electron chi connectivity index (χ0n) is 9.48. The molecule has 0 aromatic rings. The van der Waals surface area contributed by atoms with E-state index in [1.54, 1.807) is 0 Å². The summed E-state index contributed by atoms with van der Waals surface area (Å²) in [6, 6.07) is 0. The van der Waals surface area contributed by atoms with Gasteiger partial charge in [0.2, 0.25) is 0 Å². The molecule has 14 heavy (non-hydrogen) atoms. The summed E-state index contributed by atoms with van der Waals surface area (Å²) in [4.78, 5) is 0. The predicted octanol–water partition coefficient (Wildman–Crippen LogP) is -0.247. The molecule has 0 N–H and O–H groups in total. The highest BCUT2D eigenvalue weighted by molar-refractivity contribution is 5.29. The fourth-order valence-electron chi connectivity index (χ4n) is 2.47. The van der Waals surface area contributed by atoms with Crippen LogP contribution >= 0.6 is 0 Å². The largest absolute Gasteiger partial charge is 1.00 e. The van der Waals surface area contributed by atoms with Gasteiger partial charge in [-0.25, -0.2) is 0 Å². The Morgan fingerprint density at radius 3 is 1.64 bits per heavy atom. The molecule has 0 aromatic heterocycles. The molecule has 2 heteroatoms. The third kappa shape index (κ3) is 2.86. The lowest BCUT2D eigenvalue weighted by molar-refractivity contribution is -0.912. The molecule has 1 heterocycles. The van der Waals surface area contributed by atoms with Crippen LogP contribution in [-0.2, 0) is 0 Å². The Kier molecular flexibility index (Phi) is 5.46.